The van der Waals surface area contributed by atoms with Crippen LogP contribution in [0.1, 0.15) is 35.8 Å². The van der Waals surface area contributed by atoms with E-state index in [1.807, 2.05) is 24.3 Å². The number of carbonyl (C=O) groups is 1. The number of rotatable bonds is 3. The summed E-state index contributed by atoms with van der Waals surface area (Å²) in [5.74, 6) is 0.454. The van der Waals surface area contributed by atoms with Crippen molar-refractivity contribution in [1.82, 2.24) is 10.2 Å². The number of carbonyl (C=O) groups excluding carboxylic acids is 1. The Morgan fingerprint density at radius 3 is 2.32 bits per heavy atom. The highest BCUT2D eigenvalue weighted by Gasteiger charge is 2.08. The van der Waals surface area contributed by atoms with Crippen LogP contribution >= 0.6 is 0 Å². The zero-order valence-corrected chi connectivity index (χ0v) is 10.9. The Morgan fingerprint density at radius 2 is 1.79 bits per heavy atom. The second kappa shape index (κ2) is 5.48. The predicted molar refractivity (Wildman–Crippen MR) is 74.9 cm³/mol. The van der Waals surface area contributed by atoms with Gasteiger partial charge in [0.2, 0.25) is 0 Å². The first-order valence-corrected chi connectivity index (χ1v) is 6.07. The van der Waals surface area contributed by atoms with Gasteiger partial charge in [-0.1, -0.05) is 26.0 Å². The van der Waals surface area contributed by atoms with Crippen LogP contribution in [0.5, 0.6) is 0 Å². The second-order valence-electron chi connectivity index (χ2n) is 4.57. The van der Waals surface area contributed by atoms with Gasteiger partial charge in [0.15, 0.2) is 5.69 Å². The first kappa shape index (κ1) is 13.0. The molecule has 3 N–H and O–H groups in total. The van der Waals surface area contributed by atoms with E-state index in [-0.39, 0.29) is 17.4 Å². The molecule has 0 aliphatic heterocycles. The standard InChI is InChI=1S/C14H16N4O/c1-9(2)10-3-5-11(6-4-10)16-14(19)12-7-8-13(15)18-17-12/h3-9H,1-2H3,(H2,15,18)(H,16,19). The van der Waals surface area contributed by atoms with Gasteiger partial charge >= 0.3 is 0 Å². The molecule has 0 unspecified atom stereocenters. The van der Waals surface area contributed by atoms with Crippen LogP contribution in [-0.4, -0.2) is 16.1 Å². The van der Waals surface area contributed by atoms with Gasteiger partial charge in [-0.2, -0.15) is 0 Å². The smallest absolute Gasteiger partial charge is 0.276 e. The summed E-state index contributed by atoms with van der Waals surface area (Å²) in [5, 5.41) is 10.1. The molecule has 0 bridgehead atoms. The van der Waals surface area contributed by atoms with Crippen molar-refractivity contribution in [2.75, 3.05) is 11.1 Å². The predicted octanol–water partition coefficient (Wildman–Crippen LogP) is 2.43. The van der Waals surface area contributed by atoms with Gasteiger partial charge in [-0.3, -0.25) is 4.79 Å². The highest BCUT2D eigenvalue weighted by molar-refractivity contribution is 6.02. The Morgan fingerprint density at radius 1 is 1.11 bits per heavy atom. The van der Waals surface area contributed by atoms with Crippen LogP contribution in [0.4, 0.5) is 11.5 Å². The van der Waals surface area contributed by atoms with Crippen LogP contribution in [0.2, 0.25) is 0 Å². The van der Waals surface area contributed by atoms with Gasteiger partial charge in [0.25, 0.3) is 5.91 Å². The Bertz CT molecular complexity index is 561. The van der Waals surface area contributed by atoms with E-state index >= 15 is 0 Å². The van der Waals surface area contributed by atoms with Crippen LogP contribution in [0.3, 0.4) is 0 Å². The highest BCUT2D eigenvalue weighted by atomic mass is 16.1. The van der Waals surface area contributed by atoms with Gasteiger partial charge in [0.05, 0.1) is 0 Å². The first-order chi connectivity index (χ1) is 9.06. The minimum absolute atomic E-state index is 0.238. The van der Waals surface area contributed by atoms with Crippen molar-refractivity contribution in [3.8, 4) is 0 Å². The van der Waals surface area contributed by atoms with Gasteiger partial charge in [-0.15, -0.1) is 10.2 Å². The molecule has 0 fully saturated rings. The average Bonchev–Trinajstić information content (AvgIpc) is 2.40. The number of nitrogens with two attached hydrogens (primary N) is 1. The molecule has 2 aromatic rings. The van der Waals surface area contributed by atoms with Crippen LogP contribution in [-0.2, 0) is 0 Å². The van der Waals surface area contributed by atoms with E-state index in [4.69, 9.17) is 5.73 Å². The molecule has 0 saturated carbocycles. The van der Waals surface area contributed by atoms with Crippen molar-refractivity contribution < 1.29 is 4.79 Å². The normalized spacial score (nSPS) is 10.5. The van der Waals surface area contributed by atoms with E-state index in [9.17, 15) is 4.79 Å². The van der Waals surface area contributed by atoms with E-state index in [0.29, 0.717) is 5.92 Å². The molecule has 0 saturated heterocycles. The summed E-state index contributed by atoms with van der Waals surface area (Å²) in [7, 11) is 0. The van der Waals surface area contributed by atoms with E-state index in [1.54, 1.807) is 12.1 Å². The van der Waals surface area contributed by atoms with Crippen molar-refractivity contribution in [3.05, 3.63) is 47.7 Å². The second-order valence-corrected chi connectivity index (χ2v) is 4.57. The molecular weight excluding hydrogens is 240 g/mol. The Hall–Kier alpha value is -2.43. The summed E-state index contributed by atoms with van der Waals surface area (Å²) in [6.07, 6.45) is 0. The maximum absolute atomic E-state index is 11.9. The van der Waals surface area contributed by atoms with Crippen molar-refractivity contribution >= 4 is 17.4 Å². The molecule has 0 aliphatic carbocycles. The molecule has 98 valence electrons. The minimum atomic E-state index is -0.301. The quantitative estimate of drug-likeness (QED) is 0.883. The number of anilines is 2. The number of aromatic nitrogens is 2. The Balaban J connectivity index is 2.08. The fourth-order valence-corrected chi connectivity index (χ4v) is 1.61. The number of hydrogen-bond acceptors (Lipinski definition) is 4. The van der Waals surface area contributed by atoms with E-state index in [1.165, 1.54) is 5.56 Å². The van der Waals surface area contributed by atoms with E-state index in [2.05, 4.69) is 29.4 Å². The molecule has 1 aromatic carbocycles. The van der Waals surface area contributed by atoms with Crippen molar-refractivity contribution in [2.24, 2.45) is 0 Å². The van der Waals surface area contributed by atoms with Crippen molar-refractivity contribution in [2.45, 2.75) is 19.8 Å². The lowest BCUT2D eigenvalue weighted by Gasteiger charge is -2.08. The zero-order chi connectivity index (χ0) is 13.8. The molecule has 0 atom stereocenters. The molecule has 19 heavy (non-hydrogen) atoms. The summed E-state index contributed by atoms with van der Waals surface area (Å²) in [5.41, 5.74) is 7.61. The van der Waals surface area contributed by atoms with Crippen molar-refractivity contribution in [3.63, 3.8) is 0 Å². The number of nitrogens with zero attached hydrogens (tertiary/aromatic N) is 2. The molecule has 5 heteroatoms. The van der Waals surface area contributed by atoms with Crippen LogP contribution in [0, 0.1) is 0 Å². The first-order valence-electron chi connectivity index (χ1n) is 6.07. The minimum Gasteiger partial charge on any atom is -0.382 e. The number of amides is 1. The molecular formula is C14H16N4O. The molecule has 2 rings (SSSR count). The van der Waals surface area contributed by atoms with Gasteiger partial charge in [0, 0.05) is 5.69 Å². The molecule has 0 aliphatic rings. The third-order valence-corrected chi connectivity index (χ3v) is 2.75. The third kappa shape index (κ3) is 3.28. The number of nitrogen functional groups attached to an aromatic ring is 1. The van der Waals surface area contributed by atoms with Crippen molar-refractivity contribution in [1.29, 1.82) is 0 Å². The monoisotopic (exact) mass is 256 g/mol. The van der Waals surface area contributed by atoms with Crippen LogP contribution < -0.4 is 11.1 Å². The fourth-order valence-electron chi connectivity index (χ4n) is 1.61. The molecule has 0 spiro atoms. The lowest BCUT2D eigenvalue weighted by molar-refractivity contribution is 0.102. The third-order valence-electron chi connectivity index (χ3n) is 2.75. The Kier molecular flexibility index (Phi) is 3.75. The summed E-state index contributed by atoms with van der Waals surface area (Å²) in [6, 6.07) is 10.8. The molecule has 5 nitrogen and oxygen atoms in total. The van der Waals surface area contributed by atoms with E-state index in [0.717, 1.165) is 5.69 Å². The lowest BCUT2D eigenvalue weighted by atomic mass is 10.0. The number of hydrogen-bond donors (Lipinski definition) is 2. The number of benzene rings is 1. The maximum atomic E-state index is 11.9. The molecule has 1 aromatic heterocycles. The largest absolute Gasteiger partial charge is 0.382 e. The van der Waals surface area contributed by atoms with Gasteiger partial charge < -0.3 is 11.1 Å². The summed E-state index contributed by atoms with van der Waals surface area (Å²) >= 11 is 0. The van der Waals surface area contributed by atoms with Gasteiger partial charge in [0.1, 0.15) is 5.82 Å². The molecule has 0 radical (unpaired) electrons. The van der Waals surface area contributed by atoms with Gasteiger partial charge in [-0.05, 0) is 35.7 Å². The average molecular weight is 256 g/mol. The van der Waals surface area contributed by atoms with Crippen LogP contribution in [0.15, 0.2) is 36.4 Å². The summed E-state index contributed by atoms with van der Waals surface area (Å²) in [6.45, 7) is 4.25. The lowest BCUT2D eigenvalue weighted by Crippen LogP contribution is -2.14. The summed E-state index contributed by atoms with van der Waals surface area (Å²) in [4.78, 5) is 11.9. The van der Waals surface area contributed by atoms with Crippen LogP contribution in [0.25, 0.3) is 0 Å². The highest BCUT2D eigenvalue weighted by Crippen LogP contribution is 2.17. The maximum Gasteiger partial charge on any atom is 0.276 e. The molecule has 1 heterocycles. The number of nitrogens with one attached hydrogen (secondary N) is 1. The SMILES string of the molecule is CC(C)c1ccc(NC(=O)c2ccc(N)nn2)cc1. The van der Waals surface area contributed by atoms with Gasteiger partial charge in [-0.25, -0.2) is 0 Å². The summed E-state index contributed by atoms with van der Waals surface area (Å²) < 4.78 is 0. The topological polar surface area (TPSA) is 80.9 Å². The molecule has 1 amide bonds. The Labute approximate surface area is 111 Å². The van der Waals surface area contributed by atoms with E-state index < -0.39 is 0 Å². The zero-order valence-electron chi connectivity index (χ0n) is 10.9. The fraction of sp³-hybridized carbons (Fsp3) is 0.214.